The van der Waals surface area contributed by atoms with Gasteiger partial charge in [0.05, 0.1) is 11.1 Å². The monoisotopic (exact) mass is 427 g/mol. The van der Waals surface area contributed by atoms with E-state index in [1.807, 2.05) is 30.3 Å². The number of nitrogens with one attached hydrogen (secondary N) is 1. The molecule has 0 aliphatic carbocycles. The molecule has 1 aliphatic rings. The Morgan fingerprint density at radius 1 is 0.750 bits per heavy atom. The van der Waals surface area contributed by atoms with Crippen molar-refractivity contribution in [3.8, 4) is 0 Å². The standard InChI is InChI=1S/C25H21N3O4/c29-22(26-15-18-9-3-1-4-10-18)16-27(19-11-5-2-6-12-19)23(30)17-28-24(31)20-13-7-8-14-21(20)25(28)32/h1-14H,15-17H2,(H,26,29). The summed E-state index contributed by atoms with van der Waals surface area (Å²) in [6, 6.07) is 24.6. The summed E-state index contributed by atoms with van der Waals surface area (Å²) in [5.74, 6) is -1.91. The third-order valence-corrected chi connectivity index (χ3v) is 5.17. The molecule has 160 valence electrons. The van der Waals surface area contributed by atoms with Crippen LogP contribution in [0.3, 0.4) is 0 Å². The van der Waals surface area contributed by atoms with Gasteiger partial charge in [-0.15, -0.1) is 0 Å². The maximum absolute atomic E-state index is 13.2. The van der Waals surface area contributed by atoms with Gasteiger partial charge in [-0.25, -0.2) is 0 Å². The van der Waals surface area contributed by atoms with Gasteiger partial charge in [-0.1, -0.05) is 60.7 Å². The van der Waals surface area contributed by atoms with E-state index in [0.717, 1.165) is 10.5 Å². The number of para-hydroxylation sites is 1. The number of amides is 4. The first-order valence-corrected chi connectivity index (χ1v) is 10.2. The molecule has 0 unspecified atom stereocenters. The van der Waals surface area contributed by atoms with Crippen LogP contribution in [0.25, 0.3) is 0 Å². The predicted molar refractivity (Wildman–Crippen MR) is 119 cm³/mol. The normalized spacial score (nSPS) is 12.4. The van der Waals surface area contributed by atoms with E-state index in [-0.39, 0.29) is 23.6 Å². The van der Waals surface area contributed by atoms with Crippen LogP contribution >= 0.6 is 0 Å². The summed E-state index contributed by atoms with van der Waals surface area (Å²) in [5.41, 5.74) is 1.99. The van der Waals surface area contributed by atoms with Crippen LogP contribution in [-0.4, -0.2) is 41.6 Å². The number of hydrogen-bond acceptors (Lipinski definition) is 4. The summed E-state index contributed by atoms with van der Waals surface area (Å²) in [7, 11) is 0. The number of anilines is 1. The summed E-state index contributed by atoms with van der Waals surface area (Å²) in [6.07, 6.45) is 0. The molecule has 0 radical (unpaired) electrons. The average molecular weight is 427 g/mol. The van der Waals surface area contributed by atoms with E-state index < -0.39 is 24.3 Å². The van der Waals surface area contributed by atoms with Crippen LogP contribution in [0.4, 0.5) is 5.69 Å². The lowest BCUT2D eigenvalue weighted by Crippen LogP contribution is -2.46. The summed E-state index contributed by atoms with van der Waals surface area (Å²) in [4.78, 5) is 53.2. The Morgan fingerprint density at radius 2 is 1.28 bits per heavy atom. The van der Waals surface area contributed by atoms with E-state index in [0.29, 0.717) is 12.2 Å². The van der Waals surface area contributed by atoms with Crippen molar-refractivity contribution in [2.45, 2.75) is 6.54 Å². The van der Waals surface area contributed by atoms with E-state index in [9.17, 15) is 19.2 Å². The summed E-state index contributed by atoms with van der Waals surface area (Å²) < 4.78 is 0. The van der Waals surface area contributed by atoms with Gasteiger partial charge >= 0.3 is 0 Å². The van der Waals surface area contributed by atoms with Crippen molar-refractivity contribution in [2.24, 2.45) is 0 Å². The van der Waals surface area contributed by atoms with Gasteiger partial charge in [0.2, 0.25) is 11.8 Å². The van der Waals surface area contributed by atoms with Gasteiger partial charge < -0.3 is 10.2 Å². The molecule has 0 bridgehead atoms. The first-order valence-electron chi connectivity index (χ1n) is 10.2. The van der Waals surface area contributed by atoms with Crippen molar-refractivity contribution in [1.29, 1.82) is 0 Å². The van der Waals surface area contributed by atoms with Gasteiger partial charge in [-0.05, 0) is 29.8 Å². The van der Waals surface area contributed by atoms with Gasteiger partial charge in [0.25, 0.3) is 11.8 Å². The van der Waals surface area contributed by atoms with E-state index in [2.05, 4.69) is 5.32 Å². The molecule has 32 heavy (non-hydrogen) atoms. The molecule has 0 aromatic heterocycles. The lowest BCUT2D eigenvalue weighted by molar-refractivity contribution is -0.124. The molecular weight excluding hydrogens is 406 g/mol. The van der Waals surface area contributed by atoms with Crippen molar-refractivity contribution >= 4 is 29.3 Å². The summed E-state index contributed by atoms with van der Waals surface area (Å²) in [5, 5.41) is 2.80. The molecule has 0 atom stereocenters. The van der Waals surface area contributed by atoms with Crippen LogP contribution in [0.15, 0.2) is 84.9 Å². The number of rotatable bonds is 7. The highest BCUT2D eigenvalue weighted by Crippen LogP contribution is 2.23. The first kappa shape index (κ1) is 21.0. The molecule has 4 amide bonds. The predicted octanol–water partition coefficient (Wildman–Crippen LogP) is 2.63. The zero-order valence-electron chi connectivity index (χ0n) is 17.2. The van der Waals surface area contributed by atoms with Crippen LogP contribution in [0, 0.1) is 0 Å². The Balaban J connectivity index is 1.48. The first-order chi connectivity index (χ1) is 15.5. The van der Waals surface area contributed by atoms with Crippen LogP contribution in [0.5, 0.6) is 0 Å². The minimum Gasteiger partial charge on any atom is -0.350 e. The van der Waals surface area contributed by atoms with E-state index in [4.69, 9.17) is 0 Å². The SMILES string of the molecule is O=C(CN(C(=O)CN1C(=O)c2ccccc2C1=O)c1ccccc1)NCc1ccccc1. The molecule has 7 heteroatoms. The average Bonchev–Trinajstić information content (AvgIpc) is 3.07. The minimum atomic E-state index is -0.527. The quantitative estimate of drug-likeness (QED) is 0.588. The number of fused-ring (bicyclic) bond motifs is 1. The molecule has 3 aromatic carbocycles. The van der Waals surface area contributed by atoms with Crippen LogP contribution in [0.2, 0.25) is 0 Å². The molecule has 0 spiro atoms. The van der Waals surface area contributed by atoms with E-state index >= 15 is 0 Å². The summed E-state index contributed by atoms with van der Waals surface area (Å²) in [6.45, 7) is -0.360. The van der Waals surface area contributed by atoms with Gasteiger partial charge in [0, 0.05) is 12.2 Å². The Bertz CT molecular complexity index is 1130. The van der Waals surface area contributed by atoms with Crippen molar-refractivity contribution in [2.75, 3.05) is 18.0 Å². The Kier molecular flexibility index (Phi) is 6.07. The molecule has 1 heterocycles. The number of carbonyl (C=O) groups excluding carboxylic acids is 4. The van der Waals surface area contributed by atoms with Gasteiger partial charge in [-0.3, -0.25) is 24.1 Å². The highest BCUT2D eigenvalue weighted by atomic mass is 16.2. The Morgan fingerprint density at radius 3 is 1.88 bits per heavy atom. The second-order valence-electron chi connectivity index (χ2n) is 7.32. The Labute approximate surface area is 185 Å². The van der Waals surface area contributed by atoms with Gasteiger partial charge in [0.15, 0.2) is 0 Å². The van der Waals surface area contributed by atoms with Crippen molar-refractivity contribution in [3.05, 3.63) is 102 Å². The topological polar surface area (TPSA) is 86.8 Å². The number of imide groups is 1. The Hall–Kier alpha value is -4.26. The number of benzene rings is 3. The van der Waals surface area contributed by atoms with Crippen molar-refractivity contribution in [1.82, 2.24) is 10.2 Å². The lowest BCUT2D eigenvalue weighted by atomic mass is 10.1. The molecule has 4 rings (SSSR count). The largest absolute Gasteiger partial charge is 0.350 e. The fourth-order valence-corrected chi connectivity index (χ4v) is 3.53. The van der Waals surface area contributed by atoms with Gasteiger partial charge in [0.1, 0.15) is 13.1 Å². The van der Waals surface area contributed by atoms with E-state index in [1.54, 1.807) is 54.6 Å². The van der Waals surface area contributed by atoms with Crippen molar-refractivity contribution < 1.29 is 19.2 Å². The van der Waals surface area contributed by atoms with Crippen molar-refractivity contribution in [3.63, 3.8) is 0 Å². The van der Waals surface area contributed by atoms with Crippen LogP contribution in [-0.2, 0) is 16.1 Å². The summed E-state index contributed by atoms with van der Waals surface area (Å²) >= 11 is 0. The minimum absolute atomic E-state index is 0.237. The van der Waals surface area contributed by atoms with Crippen LogP contribution < -0.4 is 10.2 Å². The highest BCUT2D eigenvalue weighted by molar-refractivity contribution is 6.22. The third-order valence-electron chi connectivity index (χ3n) is 5.17. The second kappa shape index (κ2) is 9.26. The van der Waals surface area contributed by atoms with Crippen LogP contribution in [0.1, 0.15) is 26.3 Å². The smallest absolute Gasteiger partial charge is 0.262 e. The number of carbonyl (C=O) groups is 4. The number of nitrogens with zero attached hydrogens (tertiary/aromatic N) is 2. The molecule has 3 aromatic rings. The molecule has 0 fully saturated rings. The fraction of sp³-hybridized carbons (Fsp3) is 0.120. The molecule has 0 saturated carbocycles. The zero-order valence-corrected chi connectivity index (χ0v) is 17.2. The highest BCUT2D eigenvalue weighted by Gasteiger charge is 2.37. The van der Waals surface area contributed by atoms with E-state index in [1.165, 1.54) is 4.90 Å². The zero-order chi connectivity index (χ0) is 22.5. The third kappa shape index (κ3) is 4.41. The second-order valence-corrected chi connectivity index (χ2v) is 7.32. The maximum atomic E-state index is 13.2. The molecule has 0 saturated heterocycles. The molecule has 1 N–H and O–H groups in total. The molecule has 1 aliphatic heterocycles. The fourth-order valence-electron chi connectivity index (χ4n) is 3.53. The lowest BCUT2D eigenvalue weighted by Gasteiger charge is -2.24. The van der Waals surface area contributed by atoms with Gasteiger partial charge in [-0.2, -0.15) is 0 Å². The molecular formula is C25H21N3O4. The number of hydrogen-bond donors (Lipinski definition) is 1. The maximum Gasteiger partial charge on any atom is 0.262 e. The molecule has 7 nitrogen and oxygen atoms in total.